The number of urea groups is 1. The third-order valence-electron chi connectivity index (χ3n) is 6.01. The first-order chi connectivity index (χ1) is 17.3. The molecule has 3 heterocycles. The Hall–Kier alpha value is -4.91. The van der Waals surface area contributed by atoms with Crippen LogP contribution in [0.4, 0.5) is 9.18 Å². The topological polar surface area (TPSA) is 121 Å². The van der Waals surface area contributed by atoms with E-state index in [2.05, 4.69) is 27.5 Å². The Bertz CT molecular complexity index is 1480. The molecule has 1 aromatic heterocycles. The number of hydrogen-bond acceptors (Lipinski definition) is 6. The second-order valence-electron chi connectivity index (χ2n) is 8.29. The molecule has 2 aliphatic heterocycles. The quantitative estimate of drug-likeness (QED) is 0.384. The van der Waals surface area contributed by atoms with Gasteiger partial charge in [-0.05, 0) is 35.9 Å². The van der Waals surface area contributed by atoms with Crippen molar-refractivity contribution in [2.24, 2.45) is 0 Å². The van der Waals surface area contributed by atoms with Gasteiger partial charge in [0.05, 0.1) is 19.2 Å². The van der Waals surface area contributed by atoms with Crippen molar-refractivity contribution in [3.05, 3.63) is 77.2 Å². The third kappa shape index (κ3) is 3.86. The number of aromatic nitrogens is 1. The van der Waals surface area contributed by atoms with Gasteiger partial charge in [0.1, 0.15) is 11.4 Å². The van der Waals surface area contributed by atoms with Gasteiger partial charge < -0.3 is 20.1 Å². The number of amides is 4. The fourth-order valence-electron chi connectivity index (χ4n) is 4.21. The molecule has 5 rings (SSSR count). The maximum atomic E-state index is 14.7. The monoisotopic (exact) mass is 486 g/mol. The zero-order valence-electron chi connectivity index (χ0n) is 19.0. The molecule has 2 aromatic carbocycles. The highest BCUT2D eigenvalue weighted by Gasteiger charge is 2.48. The number of nitrogens with zero attached hydrogens (tertiary/aromatic N) is 2. The first-order valence-electron chi connectivity index (χ1n) is 10.9. The van der Waals surface area contributed by atoms with Crippen molar-refractivity contribution in [3.8, 4) is 34.6 Å². The molecule has 9 nitrogen and oxygen atoms in total. The van der Waals surface area contributed by atoms with Crippen molar-refractivity contribution in [2.75, 3.05) is 13.7 Å². The van der Waals surface area contributed by atoms with E-state index in [0.717, 1.165) is 0 Å². The van der Waals surface area contributed by atoms with Crippen LogP contribution in [-0.4, -0.2) is 52.0 Å². The number of benzene rings is 2. The number of ether oxygens (including phenoxy) is 1. The Morgan fingerprint density at radius 1 is 1.17 bits per heavy atom. The second-order valence-corrected chi connectivity index (χ2v) is 8.29. The molecule has 0 unspecified atom stereocenters. The lowest BCUT2D eigenvalue weighted by Crippen LogP contribution is -2.54. The normalized spacial score (nSPS) is 18.3. The minimum Gasteiger partial charge on any atom is -0.506 e. The Balaban J connectivity index is 1.43. The molecule has 1 saturated heterocycles. The average molecular weight is 486 g/mol. The molecule has 0 spiro atoms. The highest BCUT2D eigenvalue weighted by molar-refractivity contribution is 6.10. The Kier molecular flexibility index (Phi) is 5.53. The fourth-order valence-corrected chi connectivity index (χ4v) is 4.21. The summed E-state index contributed by atoms with van der Waals surface area (Å²) in [6, 6.07) is 12.2. The molecule has 2 aliphatic rings. The number of rotatable bonds is 4. The van der Waals surface area contributed by atoms with Crippen molar-refractivity contribution >= 4 is 17.8 Å². The summed E-state index contributed by atoms with van der Waals surface area (Å²) in [6.07, 6.45) is 1.56. The SMILES string of the molecule is COc1ccc2c(c1F)C(=O)N(C[C@@]1(C#Cc3ccc(-c4ncccc4O)cc3)NC(=O)NC1=O)C2. The van der Waals surface area contributed by atoms with E-state index >= 15 is 0 Å². The van der Waals surface area contributed by atoms with Gasteiger partial charge in [-0.2, -0.15) is 0 Å². The van der Waals surface area contributed by atoms with Crippen LogP contribution >= 0.6 is 0 Å². The van der Waals surface area contributed by atoms with Crippen molar-refractivity contribution in [2.45, 2.75) is 12.1 Å². The molecule has 1 fully saturated rings. The van der Waals surface area contributed by atoms with Crippen LogP contribution in [0.3, 0.4) is 0 Å². The smallest absolute Gasteiger partial charge is 0.323 e. The van der Waals surface area contributed by atoms with E-state index in [-0.39, 0.29) is 30.2 Å². The summed E-state index contributed by atoms with van der Waals surface area (Å²) in [5.74, 6) is 3.53. The molecular formula is C26H19FN4O5. The second kappa shape index (κ2) is 8.70. The van der Waals surface area contributed by atoms with Crippen LogP contribution in [-0.2, 0) is 11.3 Å². The van der Waals surface area contributed by atoms with Crippen molar-refractivity contribution in [1.29, 1.82) is 0 Å². The number of methoxy groups -OCH3 is 1. The Labute approximate surface area is 204 Å². The predicted octanol–water partition coefficient (Wildman–Crippen LogP) is 2.19. The molecular weight excluding hydrogens is 467 g/mol. The molecule has 3 aromatic rings. The lowest BCUT2D eigenvalue weighted by atomic mass is 9.98. The molecule has 0 saturated carbocycles. The van der Waals surface area contributed by atoms with Gasteiger partial charge in [-0.15, -0.1) is 0 Å². The summed E-state index contributed by atoms with van der Waals surface area (Å²) in [4.78, 5) is 43.2. The average Bonchev–Trinajstić information content (AvgIpc) is 3.33. The number of hydrogen-bond donors (Lipinski definition) is 3. The van der Waals surface area contributed by atoms with Crippen LogP contribution in [0.1, 0.15) is 21.5 Å². The predicted molar refractivity (Wildman–Crippen MR) is 125 cm³/mol. The molecule has 3 N–H and O–H groups in total. The maximum Gasteiger partial charge on any atom is 0.323 e. The largest absolute Gasteiger partial charge is 0.506 e. The number of aromatic hydroxyl groups is 1. The van der Waals surface area contributed by atoms with Gasteiger partial charge in [0.2, 0.25) is 5.54 Å². The lowest BCUT2D eigenvalue weighted by Gasteiger charge is -2.26. The Morgan fingerprint density at radius 3 is 2.61 bits per heavy atom. The van der Waals surface area contributed by atoms with E-state index in [1.807, 2.05) is 0 Å². The zero-order valence-corrected chi connectivity index (χ0v) is 19.0. The minimum absolute atomic E-state index is 0.0333. The fraction of sp³-hybridized carbons (Fsp3) is 0.154. The summed E-state index contributed by atoms with van der Waals surface area (Å²) in [6.45, 7) is -0.239. The van der Waals surface area contributed by atoms with E-state index in [9.17, 15) is 23.9 Å². The summed E-state index contributed by atoms with van der Waals surface area (Å²) in [5, 5.41) is 14.7. The number of imide groups is 1. The van der Waals surface area contributed by atoms with Crippen LogP contribution < -0.4 is 15.4 Å². The summed E-state index contributed by atoms with van der Waals surface area (Å²) < 4.78 is 19.7. The molecule has 0 radical (unpaired) electrons. The van der Waals surface area contributed by atoms with E-state index < -0.39 is 29.2 Å². The van der Waals surface area contributed by atoms with Gasteiger partial charge >= 0.3 is 6.03 Å². The van der Waals surface area contributed by atoms with Gasteiger partial charge in [0.25, 0.3) is 11.8 Å². The Morgan fingerprint density at radius 2 is 1.94 bits per heavy atom. The first-order valence-corrected chi connectivity index (χ1v) is 10.9. The lowest BCUT2D eigenvalue weighted by molar-refractivity contribution is -0.122. The van der Waals surface area contributed by atoms with E-state index in [0.29, 0.717) is 22.4 Å². The number of halogens is 1. The summed E-state index contributed by atoms with van der Waals surface area (Å²) >= 11 is 0. The summed E-state index contributed by atoms with van der Waals surface area (Å²) in [5.41, 5.74) is 0.183. The van der Waals surface area contributed by atoms with Gasteiger partial charge in [-0.1, -0.05) is 30.0 Å². The van der Waals surface area contributed by atoms with Crippen molar-refractivity contribution in [1.82, 2.24) is 20.5 Å². The van der Waals surface area contributed by atoms with Crippen LogP contribution in [0, 0.1) is 17.7 Å². The highest BCUT2D eigenvalue weighted by atomic mass is 19.1. The molecule has 0 aliphatic carbocycles. The molecule has 36 heavy (non-hydrogen) atoms. The minimum atomic E-state index is -1.73. The summed E-state index contributed by atoms with van der Waals surface area (Å²) in [7, 11) is 1.30. The van der Waals surface area contributed by atoms with Crippen LogP contribution in [0.25, 0.3) is 11.3 Å². The number of pyridine rings is 1. The van der Waals surface area contributed by atoms with Crippen LogP contribution in [0.15, 0.2) is 54.7 Å². The van der Waals surface area contributed by atoms with Crippen molar-refractivity contribution < 1.29 is 28.6 Å². The van der Waals surface area contributed by atoms with E-state index in [4.69, 9.17) is 4.74 Å². The van der Waals surface area contributed by atoms with Gasteiger partial charge in [0, 0.05) is 23.9 Å². The number of fused-ring (bicyclic) bond motifs is 1. The van der Waals surface area contributed by atoms with E-state index in [1.54, 1.807) is 42.6 Å². The van der Waals surface area contributed by atoms with Gasteiger partial charge in [-0.25, -0.2) is 9.18 Å². The van der Waals surface area contributed by atoms with Gasteiger partial charge in [0.15, 0.2) is 11.6 Å². The molecule has 0 bridgehead atoms. The maximum absolute atomic E-state index is 14.7. The van der Waals surface area contributed by atoms with E-state index in [1.165, 1.54) is 24.1 Å². The molecule has 4 amide bonds. The van der Waals surface area contributed by atoms with Crippen molar-refractivity contribution in [3.63, 3.8) is 0 Å². The third-order valence-corrected chi connectivity index (χ3v) is 6.01. The number of nitrogens with one attached hydrogen (secondary N) is 2. The molecule has 1 atom stereocenters. The highest BCUT2D eigenvalue weighted by Crippen LogP contribution is 2.32. The van der Waals surface area contributed by atoms with Gasteiger partial charge in [-0.3, -0.25) is 19.9 Å². The van der Waals surface area contributed by atoms with Crippen LogP contribution in [0.2, 0.25) is 0 Å². The first kappa shape index (κ1) is 22.9. The number of carbonyl (C=O) groups excluding carboxylic acids is 3. The number of carbonyl (C=O) groups is 3. The molecule has 180 valence electrons. The molecule has 10 heteroatoms. The zero-order chi connectivity index (χ0) is 25.4. The standard InChI is InChI=1S/C26H19FN4O5/c1-36-19-9-8-17-13-31(23(33)20(17)21(19)27)14-26(24(34)29-25(35)30-26)11-10-15-4-6-16(7-5-15)22-18(32)3-2-12-28-22/h2-9,12,32H,13-14H2,1H3,(H2,29,30,34,35)/t26-/m1/s1. The van der Waals surface area contributed by atoms with Crippen LogP contribution in [0.5, 0.6) is 11.5 Å².